The summed E-state index contributed by atoms with van der Waals surface area (Å²) >= 11 is 0.558. The van der Waals surface area contributed by atoms with E-state index in [9.17, 15) is 4.79 Å². The van der Waals surface area contributed by atoms with Gasteiger partial charge in [0.1, 0.15) is 6.04 Å². The van der Waals surface area contributed by atoms with E-state index in [1.807, 2.05) is 0 Å². The van der Waals surface area contributed by atoms with Crippen LogP contribution in [-0.2, 0) is 4.79 Å². The summed E-state index contributed by atoms with van der Waals surface area (Å²) in [5.41, 5.74) is 5.07. The van der Waals surface area contributed by atoms with Crippen LogP contribution in [0.15, 0.2) is 10.9 Å². The molecule has 0 spiro atoms. The van der Waals surface area contributed by atoms with E-state index in [0.717, 1.165) is 0 Å². The molecule has 1 heterocycles. The third-order valence-electron chi connectivity index (χ3n) is 0.965. The van der Waals surface area contributed by atoms with Crippen LogP contribution in [-0.4, -0.2) is 21.4 Å². The Morgan fingerprint density at radius 2 is 2.11 bits per heavy atom. The molecule has 1 unspecified atom stereocenters. The molecule has 0 aromatic carbocycles. The molecule has 50 valence electrons. The zero-order valence-electron chi connectivity index (χ0n) is 4.37. The highest BCUT2D eigenvalue weighted by molar-refractivity contribution is 8.17. The largest absolute Gasteiger partial charge is 0.506 e. The van der Waals surface area contributed by atoms with Crippen molar-refractivity contribution >= 4 is 16.9 Å². The van der Waals surface area contributed by atoms with Gasteiger partial charge in [0.05, 0.1) is 0 Å². The van der Waals surface area contributed by atoms with Crippen molar-refractivity contribution in [2.45, 2.75) is 6.04 Å². The Balaban J connectivity index is 2.87. The molecule has 0 aromatic heterocycles. The molecule has 0 saturated carbocycles. The number of thioether (sulfide) groups is 1. The van der Waals surface area contributed by atoms with Gasteiger partial charge in [0.2, 0.25) is 5.12 Å². The van der Waals surface area contributed by atoms with Crippen molar-refractivity contribution in [2.75, 3.05) is 0 Å². The van der Waals surface area contributed by atoms with Gasteiger partial charge in [-0.25, -0.2) is 0 Å². The van der Waals surface area contributed by atoms with Crippen LogP contribution in [0.5, 0.6) is 0 Å². The van der Waals surface area contributed by atoms with Gasteiger partial charge in [-0.3, -0.25) is 4.79 Å². The van der Waals surface area contributed by atoms with Crippen molar-refractivity contribution in [3.63, 3.8) is 0 Å². The number of hydrogen-bond acceptors (Lipinski definition) is 5. The van der Waals surface area contributed by atoms with Gasteiger partial charge in [-0.05, 0) is 11.8 Å². The van der Waals surface area contributed by atoms with E-state index in [0.29, 0.717) is 11.8 Å². The maximum absolute atomic E-state index is 10.5. The lowest BCUT2D eigenvalue weighted by Crippen LogP contribution is -2.26. The molecule has 4 N–H and O–H groups in total. The Kier molecular flexibility index (Phi) is 1.38. The van der Waals surface area contributed by atoms with Crippen molar-refractivity contribution in [1.29, 1.82) is 0 Å². The van der Waals surface area contributed by atoms with Gasteiger partial charge >= 0.3 is 0 Å². The van der Waals surface area contributed by atoms with Crippen LogP contribution in [0, 0.1) is 0 Å². The molecule has 1 rings (SSSR count). The van der Waals surface area contributed by atoms with Gasteiger partial charge in [0.25, 0.3) is 0 Å². The Hall–Kier alpha value is -0.680. The highest BCUT2D eigenvalue weighted by atomic mass is 32.2. The van der Waals surface area contributed by atoms with Gasteiger partial charge in [-0.15, -0.1) is 0 Å². The third kappa shape index (κ3) is 0.883. The van der Waals surface area contributed by atoms with E-state index >= 15 is 0 Å². The zero-order valence-corrected chi connectivity index (χ0v) is 5.18. The fraction of sp³-hybridized carbons (Fsp3) is 0.250. The first-order chi connectivity index (χ1) is 4.13. The summed E-state index contributed by atoms with van der Waals surface area (Å²) in [6, 6.07) is -1.03. The van der Waals surface area contributed by atoms with E-state index in [1.165, 1.54) is 0 Å². The standard InChI is InChI=1S/C4H5NO3S/c5-1-2(6)4(8)9-3(1)7/h1,6,8H,5H2. The van der Waals surface area contributed by atoms with Crippen LogP contribution in [0.3, 0.4) is 0 Å². The van der Waals surface area contributed by atoms with E-state index in [4.69, 9.17) is 15.9 Å². The van der Waals surface area contributed by atoms with Crippen molar-refractivity contribution < 1.29 is 15.0 Å². The number of rotatable bonds is 0. The number of hydrogen-bond donors (Lipinski definition) is 3. The van der Waals surface area contributed by atoms with Crippen molar-refractivity contribution in [1.82, 2.24) is 0 Å². The van der Waals surface area contributed by atoms with Crippen LogP contribution in [0.4, 0.5) is 0 Å². The quantitative estimate of drug-likeness (QED) is 0.444. The molecule has 1 atom stereocenters. The first kappa shape index (κ1) is 6.44. The Bertz CT molecular complexity index is 188. The number of aliphatic hydroxyl groups excluding tert-OH is 2. The van der Waals surface area contributed by atoms with E-state index in [1.54, 1.807) is 0 Å². The maximum Gasteiger partial charge on any atom is 0.221 e. The third-order valence-corrected chi connectivity index (χ3v) is 1.82. The molecule has 1 aliphatic rings. The summed E-state index contributed by atoms with van der Waals surface area (Å²) in [5, 5.41) is 16.5. The minimum atomic E-state index is -1.03. The van der Waals surface area contributed by atoms with Gasteiger partial charge in [-0.1, -0.05) is 0 Å². The molecule has 0 saturated heterocycles. The molecular weight excluding hydrogens is 142 g/mol. The topological polar surface area (TPSA) is 83.6 Å². The summed E-state index contributed by atoms with van der Waals surface area (Å²) < 4.78 is 0. The number of carbonyl (C=O) groups excluding carboxylic acids is 1. The highest BCUT2D eigenvalue weighted by Crippen LogP contribution is 2.27. The Morgan fingerprint density at radius 3 is 2.22 bits per heavy atom. The van der Waals surface area contributed by atoms with Crippen LogP contribution in [0.2, 0.25) is 0 Å². The van der Waals surface area contributed by atoms with Crippen LogP contribution >= 0.6 is 11.8 Å². The van der Waals surface area contributed by atoms with Crippen molar-refractivity contribution in [3.05, 3.63) is 10.9 Å². The first-order valence-electron chi connectivity index (χ1n) is 2.22. The highest BCUT2D eigenvalue weighted by Gasteiger charge is 2.31. The SMILES string of the molecule is NC1C(=O)SC(O)=C1O. The van der Waals surface area contributed by atoms with Crippen molar-refractivity contribution in [3.8, 4) is 0 Å². The molecule has 0 amide bonds. The average Bonchev–Trinajstić information content (AvgIpc) is 1.98. The lowest BCUT2D eigenvalue weighted by Gasteiger charge is -1.95. The fourth-order valence-corrected chi connectivity index (χ4v) is 1.12. The first-order valence-corrected chi connectivity index (χ1v) is 3.04. The second kappa shape index (κ2) is 1.93. The molecule has 0 aliphatic carbocycles. The molecule has 0 fully saturated rings. The molecule has 1 aliphatic heterocycles. The summed E-state index contributed by atoms with van der Waals surface area (Å²) in [6.45, 7) is 0. The Labute approximate surface area is 55.4 Å². The van der Waals surface area contributed by atoms with E-state index in [2.05, 4.69) is 0 Å². The molecule has 0 bridgehead atoms. The van der Waals surface area contributed by atoms with Crippen LogP contribution < -0.4 is 5.73 Å². The number of carbonyl (C=O) groups is 1. The molecular formula is C4H5NO3S. The lowest BCUT2D eigenvalue weighted by atomic mass is 10.3. The minimum absolute atomic E-state index is 0.382. The number of nitrogens with two attached hydrogens (primary N) is 1. The van der Waals surface area contributed by atoms with Gasteiger partial charge in [0, 0.05) is 0 Å². The van der Waals surface area contributed by atoms with Crippen LogP contribution in [0.1, 0.15) is 0 Å². The van der Waals surface area contributed by atoms with Crippen molar-refractivity contribution in [2.24, 2.45) is 5.73 Å². The minimum Gasteiger partial charge on any atom is -0.506 e. The van der Waals surface area contributed by atoms with Gasteiger partial charge in [-0.2, -0.15) is 0 Å². The summed E-state index contributed by atoms with van der Waals surface area (Å²) in [5.74, 6) is -0.426. The summed E-state index contributed by atoms with van der Waals surface area (Å²) in [4.78, 5) is 10.5. The summed E-state index contributed by atoms with van der Waals surface area (Å²) in [7, 11) is 0. The monoisotopic (exact) mass is 147 g/mol. The van der Waals surface area contributed by atoms with Gasteiger partial charge < -0.3 is 15.9 Å². The second-order valence-corrected chi connectivity index (χ2v) is 2.58. The molecule has 5 heteroatoms. The molecule has 0 radical (unpaired) electrons. The average molecular weight is 147 g/mol. The van der Waals surface area contributed by atoms with Crippen LogP contribution in [0.25, 0.3) is 0 Å². The zero-order chi connectivity index (χ0) is 7.02. The maximum atomic E-state index is 10.5. The molecule has 4 nitrogen and oxygen atoms in total. The van der Waals surface area contributed by atoms with E-state index < -0.39 is 16.9 Å². The normalized spacial score (nSPS) is 27.7. The van der Waals surface area contributed by atoms with Gasteiger partial charge in [0.15, 0.2) is 10.9 Å². The second-order valence-electron chi connectivity index (χ2n) is 1.59. The summed E-state index contributed by atoms with van der Waals surface area (Å²) in [6.07, 6.45) is 0. The predicted octanol–water partition coefficient (Wildman–Crippen LogP) is -0.128. The predicted molar refractivity (Wildman–Crippen MR) is 32.9 cm³/mol. The Morgan fingerprint density at radius 1 is 1.56 bits per heavy atom. The van der Waals surface area contributed by atoms with E-state index in [-0.39, 0.29) is 5.09 Å². The molecule has 9 heavy (non-hydrogen) atoms. The fourth-order valence-electron chi connectivity index (χ4n) is 0.456. The molecule has 0 aromatic rings. The smallest absolute Gasteiger partial charge is 0.221 e. The lowest BCUT2D eigenvalue weighted by molar-refractivity contribution is -0.111. The number of aliphatic hydroxyl groups is 2.